The van der Waals surface area contributed by atoms with Crippen LogP contribution in [-0.4, -0.2) is 47.4 Å². The Hall–Kier alpha value is -3.03. The first-order valence-corrected chi connectivity index (χ1v) is 11.2. The highest BCUT2D eigenvalue weighted by Crippen LogP contribution is 2.26. The number of unbranched alkanes of at least 4 members (excludes halogenated alkanes) is 1. The molecule has 2 aliphatic rings. The maximum Gasteiger partial charge on any atom is 0.259 e. The van der Waals surface area contributed by atoms with Crippen LogP contribution in [0.1, 0.15) is 48.0 Å². The number of halogens is 2. The topological polar surface area (TPSA) is 74.3 Å². The van der Waals surface area contributed by atoms with Gasteiger partial charge in [0.15, 0.2) is 0 Å². The van der Waals surface area contributed by atoms with Crippen LogP contribution >= 0.6 is 0 Å². The monoisotopic (exact) mass is 442 g/mol. The molecule has 2 aromatic rings. The summed E-state index contributed by atoms with van der Waals surface area (Å²) in [4.78, 5) is 30.5. The molecule has 0 spiro atoms. The average Bonchev–Trinajstić information content (AvgIpc) is 3.23. The van der Waals surface area contributed by atoms with Gasteiger partial charge in [-0.1, -0.05) is 18.9 Å². The van der Waals surface area contributed by atoms with Crippen LogP contribution in [0.2, 0.25) is 0 Å². The minimum Gasteiger partial charge on any atom is -0.373 e. The number of benzene rings is 1. The van der Waals surface area contributed by atoms with Gasteiger partial charge in [-0.15, -0.1) is 0 Å². The molecule has 2 N–H and O–H groups in total. The minimum absolute atomic E-state index is 0.00777. The summed E-state index contributed by atoms with van der Waals surface area (Å²) in [6, 6.07) is 5.13. The lowest BCUT2D eigenvalue weighted by molar-refractivity contribution is -0.121. The summed E-state index contributed by atoms with van der Waals surface area (Å²) < 4.78 is 27.7. The standard InChI is InChI=1S/C24H28F2N4O2/c25-18-5-3-6-19(26)22(18)24(32)30-12-8-16(9-13-30)4-1-2-10-28-23(31)21-14-17-15-27-11-7-20(17)29-21/h3,5-7,11,15-16,21,29H,1-2,4,8-10,12-14H2,(H,28,31). The number of pyridine rings is 1. The number of carbonyl (C=O) groups excluding carboxylic acids is 2. The van der Waals surface area contributed by atoms with Gasteiger partial charge in [0, 0.05) is 44.1 Å². The Kier molecular flexibility index (Phi) is 6.97. The van der Waals surface area contributed by atoms with Crippen molar-refractivity contribution in [1.82, 2.24) is 15.2 Å². The third-order valence-corrected chi connectivity index (χ3v) is 6.39. The molecule has 4 rings (SSSR count). The summed E-state index contributed by atoms with van der Waals surface area (Å²) in [5.41, 5.74) is 1.58. The van der Waals surface area contributed by atoms with Crippen molar-refractivity contribution in [2.45, 2.75) is 44.6 Å². The van der Waals surface area contributed by atoms with Gasteiger partial charge in [0.25, 0.3) is 5.91 Å². The fraction of sp³-hybridized carbons (Fsp3) is 0.458. The molecule has 0 radical (unpaired) electrons. The predicted octanol–water partition coefficient (Wildman–Crippen LogP) is 3.54. The van der Waals surface area contributed by atoms with Crippen molar-refractivity contribution >= 4 is 17.5 Å². The second kappa shape index (κ2) is 10.1. The summed E-state index contributed by atoms with van der Waals surface area (Å²) in [7, 11) is 0. The van der Waals surface area contributed by atoms with E-state index in [9.17, 15) is 18.4 Å². The molecule has 1 fully saturated rings. The Bertz CT molecular complexity index is 931. The summed E-state index contributed by atoms with van der Waals surface area (Å²) in [6.07, 6.45) is 8.72. The Labute approximate surface area is 186 Å². The second-order valence-electron chi connectivity index (χ2n) is 8.55. The number of carbonyl (C=O) groups is 2. The summed E-state index contributed by atoms with van der Waals surface area (Å²) in [5.74, 6) is -1.70. The quantitative estimate of drug-likeness (QED) is 0.644. The number of hydrogen-bond acceptors (Lipinski definition) is 4. The Morgan fingerprint density at radius 3 is 2.59 bits per heavy atom. The maximum absolute atomic E-state index is 13.9. The van der Waals surface area contributed by atoms with E-state index in [-0.39, 0.29) is 11.9 Å². The molecule has 1 unspecified atom stereocenters. The molecule has 1 atom stereocenters. The summed E-state index contributed by atoms with van der Waals surface area (Å²) in [6.45, 7) is 1.66. The zero-order chi connectivity index (χ0) is 22.5. The molecule has 1 aromatic heterocycles. The van der Waals surface area contributed by atoms with E-state index in [0.717, 1.165) is 55.5 Å². The molecule has 2 amide bonds. The van der Waals surface area contributed by atoms with Crippen LogP contribution in [0.15, 0.2) is 36.7 Å². The van der Waals surface area contributed by atoms with E-state index in [1.54, 1.807) is 17.3 Å². The molecular weight excluding hydrogens is 414 g/mol. The third kappa shape index (κ3) is 5.06. The summed E-state index contributed by atoms with van der Waals surface area (Å²) in [5, 5.41) is 6.23. The highest BCUT2D eigenvalue weighted by molar-refractivity contribution is 5.94. The van der Waals surface area contributed by atoms with Crippen molar-refractivity contribution in [3.63, 3.8) is 0 Å². The van der Waals surface area contributed by atoms with Crippen LogP contribution < -0.4 is 10.6 Å². The van der Waals surface area contributed by atoms with Crippen LogP contribution in [0.4, 0.5) is 14.5 Å². The van der Waals surface area contributed by atoms with E-state index in [0.29, 0.717) is 32.0 Å². The largest absolute Gasteiger partial charge is 0.373 e. The van der Waals surface area contributed by atoms with Crippen molar-refractivity contribution in [3.8, 4) is 0 Å². The molecule has 0 bridgehead atoms. The lowest BCUT2D eigenvalue weighted by atomic mass is 9.91. The van der Waals surface area contributed by atoms with Gasteiger partial charge >= 0.3 is 0 Å². The van der Waals surface area contributed by atoms with Crippen LogP contribution in [0.25, 0.3) is 0 Å². The molecule has 1 aromatic carbocycles. The van der Waals surface area contributed by atoms with Crippen LogP contribution in [0, 0.1) is 17.6 Å². The zero-order valence-electron chi connectivity index (χ0n) is 17.9. The van der Waals surface area contributed by atoms with E-state index in [1.165, 1.54) is 6.07 Å². The smallest absolute Gasteiger partial charge is 0.259 e. The molecule has 0 aliphatic carbocycles. The second-order valence-corrected chi connectivity index (χ2v) is 8.55. The lowest BCUT2D eigenvalue weighted by Gasteiger charge is -2.32. The normalized spacial score (nSPS) is 18.2. The number of likely N-dealkylation sites (tertiary alicyclic amines) is 1. The van der Waals surface area contributed by atoms with Gasteiger partial charge in [-0.25, -0.2) is 8.78 Å². The number of fused-ring (bicyclic) bond motifs is 1. The van der Waals surface area contributed by atoms with Gasteiger partial charge in [-0.2, -0.15) is 0 Å². The van der Waals surface area contributed by atoms with Crippen molar-refractivity contribution in [2.24, 2.45) is 5.92 Å². The number of piperidine rings is 1. The van der Waals surface area contributed by atoms with Crippen molar-refractivity contribution in [3.05, 3.63) is 59.4 Å². The highest BCUT2D eigenvalue weighted by Gasteiger charge is 2.28. The zero-order valence-corrected chi connectivity index (χ0v) is 17.9. The number of rotatable bonds is 7. The Morgan fingerprint density at radius 1 is 1.12 bits per heavy atom. The van der Waals surface area contributed by atoms with Gasteiger partial charge in [-0.05, 0) is 48.9 Å². The molecule has 170 valence electrons. The Balaban J connectivity index is 1.12. The molecule has 6 nitrogen and oxygen atoms in total. The first-order valence-electron chi connectivity index (χ1n) is 11.2. The molecule has 3 heterocycles. The van der Waals surface area contributed by atoms with Crippen LogP contribution in [0.5, 0.6) is 0 Å². The average molecular weight is 443 g/mol. The first kappa shape index (κ1) is 22.2. The SMILES string of the molecule is O=C(NCCCCC1CCN(C(=O)c2c(F)cccc2F)CC1)C1Cc2cnccc2N1. The Morgan fingerprint density at radius 2 is 1.88 bits per heavy atom. The van der Waals surface area contributed by atoms with Crippen molar-refractivity contribution in [1.29, 1.82) is 0 Å². The van der Waals surface area contributed by atoms with Crippen LogP contribution in [0.3, 0.4) is 0 Å². The number of aromatic nitrogens is 1. The number of nitrogens with one attached hydrogen (secondary N) is 2. The van der Waals surface area contributed by atoms with Crippen molar-refractivity contribution in [2.75, 3.05) is 25.0 Å². The number of hydrogen-bond donors (Lipinski definition) is 2. The van der Waals surface area contributed by atoms with Crippen molar-refractivity contribution < 1.29 is 18.4 Å². The van der Waals surface area contributed by atoms with Crippen LogP contribution in [-0.2, 0) is 11.2 Å². The van der Waals surface area contributed by atoms with Gasteiger partial charge in [-0.3, -0.25) is 14.6 Å². The van der Waals surface area contributed by atoms with E-state index in [1.807, 2.05) is 6.07 Å². The summed E-state index contributed by atoms with van der Waals surface area (Å²) >= 11 is 0. The third-order valence-electron chi connectivity index (χ3n) is 6.39. The van der Waals surface area contributed by atoms with Gasteiger partial charge in [0.05, 0.1) is 0 Å². The van der Waals surface area contributed by atoms with Gasteiger partial charge in [0.2, 0.25) is 5.91 Å². The van der Waals surface area contributed by atoms with E-state index < -0.39 is 23.1 Å². The number of anilines is 1. The number of amides is 2. The molecule has 0 saturated carbocycles. The molecule has 1 saturated heterocycles. The van der Waals surface area contributed by atoms with E-state index >= 15 is 0 Å². The molecule has 32 heavy (non-hydrogen) atoms. The van der Waals surface area contributed by atoms with E-state index in [4.69, 9.17) is 0 Å². The van der Waals surface area contributed by atoms with Gasteiger partial charge < -0.3 is 15.5 Å². The molecular formula is C24H28F2N4O2. The highest BCUT2D eigenvalue weighted by atomic mass is 19.1. The minimum atomic E-state index is -0.812. The first-order chi connectivity index (χ1) is 15.5. The molecule has 2 aliphatic heterocycles. The fourth-order valence-electron chi connectivity index (χ4n) is 4.53. The predicted molar refractivity (Wildman–Crippen MR) is 117 cm³/mol. The van der Waals surface area contributed by atoms with E-state index in [2.05, 4.69) is 15.6 Å². The fourth-order valence-corrected chi connectivity index (χ4v) is 4.53. The lowest BCUT2D eigenvalue weighted by Crippen LogP contribution is -2.39. The maximum atomic E-state index is 13.9. The number of nitrogens with zero attached hydrogens (tertiary/aromatic N) is 2. The molecule has 8 heteroatoms. The van der Waals surface area contributed by atoms with Gasteiger partial charge in [0.1, 0.15) is 23.2 Å².